The van der Waals surface area contributed by atoms with Gasteiger partial charge in [-0.1, -0.05) is 11.6 Å². The van der Waals surface area contributed by atoms with Gasteiger partial charge >= 0.3 is 0 Å². The third-order valence-corrected chi connectivity index (χ3v) is 3.48. The molecule has 13 heavy (non-hydrogen) atoms. The summed E-state index contributed by atoms with van der Waals surface area (Å²) >= 11 is 5.77. The number of rotatable bonds is 0. The summed E-state index contributed by atoms with van der Waals surface area (Å²) in [4.78, 5) is 0. The van der Waals surface area contributed by atoms with Crippen LogP contribution < -0.4 is 4.72 Å². The predicted molar refractivity (Wildman–Crippen MR) is 52.6 cm³/mol. The van der Waals surface area contributed by atoms with E-state index < -0.39 is 10.0 Å². The first-order valence-corrected chi connectivity index (χ1v) is 5.89. The third kappa shape index (κ3) is 1.78. The van der Waals surface area contributed by atoms with Crippen LogP contribution in [0, 0.1) is 0 Å². The summed E-state index contributed by atoms with van der Waals surface area (Å²) in [6.45, 7) is 0. The molecule has 0 fully saturated rings. The summed E-state index contributed by atoms with van der Waals surface area (Å²) in [6, 6.07) is 5.15. The molecule has 1 aliphatic rings. The molecule has 3 nitrogen and oxygen atoms in total. The Morgan fingerprint density at radius 3 is 2.92 bits per heavy atom. The molecule has 0 atom stereocenters. The van der Waals surface area contributed by atoms with Crippen LogP contribution in [-0.4, -0.2) is 14.2 Å². The summed E-state index contributed by atoms with van der Waals surface area (Å²) in [5, 5.41) is 0.639. The van der Waals surface area contributed by atoms with Crippen LogP contribution in [0.1, 0.15) is 5.56 Å². The molecule has 70 valence electrons. The molecule has 0 radical (unpaired) electrons. The van der Waals surface area contributed by atoms with Crippen LogP contribution in [0.25, 0.3) is 0 Å². The van der Waals surface area contributed by atoms with E-state index >= 15 is 0 Å². The topological polar surface area (TPSA) is 46.2 Å². The zero-order chi connectivity index (χ0) is 9.47. The maximum atomic E-state index is 11.2. The summed E-state index contributed by atoms with van der Waals surface area (Å²) in [7, 11) is -3.10. The molecule has 0 unspecified atom stereocenters. The van der Waals surface area contributed by atoms with Crippen LogP contribution in [-0.2, 0) is 16.4 Å². The van der Waals surface area contributed by atoms with E-state index in [1.54, 1.807) is 18.2 Å². The molecule has 0 aliphatic carbocycles. The van der Waals surface area contributed by atoms with E-state index in [2.05, 4.69) is 4.72 Å². The van der Waals surface area contributed by atoms with Gasteiger partial charge in [0.05, 0.1) is 11.4 Å². The lowest BCUT2D eigenvalue weighted by molar-refractivity contribution is 0.599. The molecular formula is C8H8ClNO2S. The average molecular weight is 218 g/mol. The van der Waals surface area contributed by atoms with Gasteiger partial charge in [0.25, 0.3) is 0 Å². The summed E-state index contributed by atoms with van der Waals surface area (Å²) < 4.78 is 24.8. The maximum Gasteiger partial charge on any atom is 0.233 e. The van der Waals surface area contributed by atoms with Crippen LogP contribution in [0.15, 0.2) is 18.2 Å². The van der Waals surface area contributed by atoms with E-state index in [4.69, 9.17) is 11.6 Å². The lowest BCUT2D eigenvalue weighted by Crippen LogP contribution is -2.23. The van der Waals surface area contributed by atoms with Crippen molar-refractivity contribution >= 4 is 27.3 Å². The summed E-state index contributed by atoms with van der Waals surface area (Å²) in [5.41, 5.74) is 1.61. The normalized spacial score (nSPS) is 18.8. The van der Waals surface area contributed by atoms with Gasteiger partial charge < -0.3 is 0 Å². The minimum Gasteiger partial charge on any atom is -0.283 e. The van der Waals surface area contributed by atoms with Gasteiger partial charge in [-0.3, -0.25) is 4.72 Å². The van der Waals surface area contributed by atoms with Gasteiger partial charge in [0.15, 0.2) is 0 Å². The molecule has 2 rings (SSSR count). The zero-order valence-electron chi connectivity index (χ0n) is 6.75. The van der Waals surface area contributed by atoms with Crippen molar-refractivity contribution in [2.45, 2.75) is 6.42 Å². The van der Waals surface area contributed by atoms with Gasteiger partial charge in [-0.05, 0) is 30.2 Å². The number of anilines is 1. The quantitative estimate of drug-likeness (QED) is 0.718. The van der Waals surface area contributed by atoms with Crippen LogP contribution in [0.5, 0.6) is 0 Å². The van der Waals surface area contributed by atoms with Crippen molar-refractivity contribution in [3.05, 3.63) is 28.8 Å². The van der Waals surface area contributed by atoms with Crippen LogP contribution in [0.4, 0.5) is 5.69 Å². The molecule has 1 heterocycles. The largest absolute Gasteiger partial charge is 0.283 e. The number of nitrogens with one attached hydrogen (secondary N) is 1. The first kappa shape index (κ1) is 8.84. The van der Waals surface area contributed by atoms with Gasteiger partial charge in [0.1, 0.15) is 0 Å². The Hall–Kier alpha value is -0.740. The van der Waals surface area contributed by atoms with E-state index in [0.29, 0.717) is 17.1 Å². The van der Waals surface area contributed by atoms with Crippen molar-refractivity contribution in [1.82, 2.24) is 0 Å². The fraction of sp³-hybridized carbons (Fsp3) is 0.250. The lowest BCUT2D eigenvalue weighted by atomic mass is 10.1. The van der Waals surface area contributed by atoms with Crippen molar-refractivity contribution in [2.75, 3.05) is 10.5 Å². The minimum atomic E-state index is -3.10. The highest BCUT2D eigenvalue weighted by Gasteiger charge is 2.19. The maximum absolute atomic E-state index is 11.2. The molecule has 1 aromatic carbocycles. The number of aryl methyl sites for hydroxylation is 1. The molecule has 0 bridgehead atoms. The van der Waals surface area contributed by atoms with Gasteiger partial charge in [-0.15, -0.1) is 0 Å². The average Bonchev–Trinajstić information content (AvgIpc) is 2.05. The minimum absolute atomic E-state index is 0.139. The number of sulfonamides is 1. The molecule has 0 spiro atoms. The molecule has 0 saturated carbocycles. The van der Waals surface area contributed by atoms with Crippen LogP contribution in [0.3, 0.4) is 0 Å². The highest BCUT2D eigenvalue weighted by molar-refractivity contribution is 7.92. The van der Waals surface area contributed by atoms with Gasteiger partial charge in [0, 0.05) is 5.02 Å². The van der Waals surface area contributed by atoms with Gasteiger partial charge in [0.2, 0.25) is 10.0 Å². The molecule has 0 saturated heterocycles. The number of halogens is 1. The van der Waals surface area contributed by atoms with Gasteiger partial charge in [-0.2, -0.15) is 0 Å². The lowest BCUT2D eigenvalue weighted by Gasteiger charge is -2.17. The Balaban J connectivity index is 2.48. The van der Waals surface area contributed by atoms with Crippen molar-refractivity contribution in [1.29, 1.82) is 0 Å². The second-order valence-corrected chi connectivity index (χ2v) is 5.25. The zero-order valence-corrected chi connectivity index (χ0v) is 8.32. The van der Waals surface area contributed by atoms with Crippen LogP contribution >= 0.6 is 11.6 Å². The van der Waals surface area contributed by atoms with E-state index in [-0.39, 0.29) is 5.75 Å². The van der Waals surface area contributed by atoms with Crippen molar-refractivity contribution in [2.24, 2.45) is 0 Å². The summed E-state index contributed by atoms with van der Waals surface area (Å²) in [6.07, 6.45) is 0.533. The highest BCUT2D eigenvalue weighted by atomic mass is 35.5. The van der Waals surface area contributed by atoms with Crippen molar-refractivity contribution < 1.29 is 8.42 Å². The molecule has 0 aromatic heterocycles. The second-order valence-electron chi connectivity index (χ2n) is 2.97. The highest BCUT2D eigenvalue weighted by Crippen LogP contribution is 2.25. The SMILES string of the molecule is O=S1(=O)CCc2cc(Cl)ccc2N1. The van der Waals surface area contributed by atoms with E-state index in [1.165, 1.54) is 0 Å². The second kappa shape index (κ2) is 2.89. The molecular weight excluding hydrogens is 210 g/mol. The number of hydrogen-bond donors (Lipinski definition) is 1. The number of hydrogen-bond acceptors (Lipinski definition) is 2. The number of benzene rings is 1. The smallest absolute Gasteiger partial charge is 0.233 e. The Kier molecular flexibility index (Phi) is 1.96. The molecule has 1 aliphatic heterocycles. The monoisotopic (exact) mass is 217 g/mol. The van der Waals surface area contributed by atoms with Crippen molar-refractivity contribution in [3.8, 4) is 0 Å². The Morgan fingerprint density at radius 2 is 2.15 bits per heavy atom. The number of fused-ring (bicyclic) bond motifs is 1. The van der Waals surface area contributed by atoms with E-state index in [1.807, 2.05) is 0 Å². The molecule has 1 N–H and O–H groups in total. The fourth-order valence-corrected chi connectivity index (χ4v) is 2.65. The van der Waals surface area contributed by atoms with E-state index in [9.17, 15) is 8.42 Å². The first-order chi connectivity index (χ1) is 6.07. The summed E-state index contributed by atoms with van der Waals surface area (Å²) in [5.74, 6) is 0.139. The Labute approximate surface area is 81.8 Å². The molecule has 5 heteroatoms. The third-order valence-electron chi connectivity index (χ3n) is 1.97. The molecule has 0 amide bonds. The van der Waals surface area contributed by atoms with Crippen molar-refractivity contribution in [3.63, 3.8) is 0 Å². The van der Waals surface area contributed by atoms with Crippen LogP contribution in [0.2, 0.25) is 5.02 Å². The van der Waals surface area contributed by atoms with E-state index in [0.717, 1.165) is 5.56 Å². The first-order valence-electron chi connectivity index (χ1n) is 3.86. The molecule has 1 aromatic rings. The predicted octanol–water partition coefficient (Wildman–Crippen LogP) is 1.64. The Bertz CT molecular complexity index is 441. The standard InChI is InChI=1S/C8H8ClNO2S/c9-7-1-2-8-6(5-7)3-4-13(11,12)10-8/h1-2,5,10H,3-4H2. The van der Waals surface area contributed by atoms with Gasteiger partial charge in [-0.25, -0.2) is 8.42 Å². The Morgan fingerprint density at radius 1 is 1.38 bits per heavy atom. The fourth-order valence-electron chi connectivity index (χ4n) is 1.33.